The third kappa shape index (κ3) is 6.04. The molecule has 2 N–H and O–H groups in total. The predicted molar refractivity (Wildman–Crippen MR) is 93.7 cm³/mol. The van der Waals surface area contributed by atoms with Crippen molar-refractivity contribution < 1.29 is 9.53 Å². The zero-order valence-corrected chi connectivity index (χ0v) is 15.0. The van der Waals surface area contributed by atoms with Crippen molar-refractivity contribution in [2.24, 2.45) is 5.92 Å². The second kappa shape index (κ2) is 8.02. The van der Waals surface area contributed by atoms with E-state index in [4.69, 9.17) is 16.3 Å². The van der Waals surface area contributed by atoms with E-state index in [0.29, 0.717) is 18.5 Å². The number of hydrogen-bond acceptors (Lipinski definition) is 3. The molecule has 0 heterocycles. The van der Waals surface area contributed by atoms with Gasteiger partial charge in [0.25, 0.3) is 0 Å². The molecule has 0 saturated heterocycles. The quantitative estimate of drug-likeness (QED) is 0.849. The van der Waals surface area contributed by atoms with Gasteiger partial charge in [-0.1, -0.05) is 36.2 Å². The molecule has 0 bridgehead atoms. The minimum Gasteiger partial charge on any atom is -0.444 e. The van der Waals surface area contributed by atoms with Gasteiger partial charge in [-0.05, 0) is 51.2 Å². The number of amides is 1. The summed E-state index contributed by atoms with van der Waals surface area (Å²) in [6.07, 6.45) is 3.09. The van der Waals surface area contributed by atoms with Gasteiger partial charge in [-0.15, -0.1) is 0 Å². The Balaban J connectivity index is 1.79. The van der Waals surface area contributed by atoms with Crippen LogP contribution in [0.4, 0.5) is 4.79 Å². The van der Waals surface area contributed by atoms with Gasteiger partial charge in [-0.3, -0.25) is 0 Å². The Bertz CT molecular complexity index is 528. The number of rotatable bonds is 5. The van der Waals surface area contributed by atoms with Crippen molar-refractivity contribution in [2.45, 2.75) is 58.2 Å². The van der Waals surface area contributed by atoms with Gasteiger partial charge in [-0.25, -0.2) is 4.79 Å². The second-order valence-corrected chi connectivity index (χ2v) is 7.56. The number of carbonyl (C=O) groups excluding carboxylic acids is 1. The van der Waals surface area contributed by atoms with Crippen LogP contribution in [0.3, 0.4) is 0 Å². The molecule has 2 unspecified atom stereocenters. The van der Waals surface area contributed by atoms with Gasteiger partial charge in [0.1, 0.15) is 5.60 Å². The molecular formula is C18H27ClN2O2. The summed E-state index contributed by atoms with van der Waals surface area (Å²) in [4.78, 5) is 11.8. The lowest BCUT2D eigenvalue weighted by Gasteiger charge is -2.24. The zero-order valence-electron chi connectivity index (χ0n) is 14.2. The van der Waals surface area contributed by atoms with Gasteiger partial charge < -0.3 is 15.4 Å². The first-order chi connectivity index (χ1) is 10.8. The topological polar surface area (TPSA) is 50.4 Å². The first kappa shape index (κ1) is 18.1. The molecule has 0 aliphatic heterocycles. The minimum atomic E-state index is -0.457. The van der Waals surface area contributed by atoms with E-state index < -0.39 is 5.60 Å². The smallest absolute Gasteiger partial charge is 0.407 e. The molecule has 0 radical (unpaired) electrons. The summed E-state index contributed by atoms with van der Waals surface area (Å²) >= 11 is 6.20. The molecule has 1 fully saturated rings. The number of hydrogen-bond donors (Lipinski definition) is 2. The molecule has 4 nitrogen and oxygen atoms in total. The Morgan fingerprint density at radius 2 is 2.04 bits per heavy atom. The molecule has 1 aliphatic rings. The Morgan fingerprint density at radius 3 is 2.74 bits per heavy atom. The maximum Gasteiger partial charge on any atom is 0.407 e. The van der Waals surface area contributed by atoms with Crippen molar-refractivity contribution in [3.8, 4) is 0 Å². The van der Waals surface area contributed by atoms with E-state index in [9.17, 15) is 4.79 Å². The Kier molecular flexibility index (Phi) is 6.31. The van der Waals surface area contributed by atoms with Crippen LogP contribution in [0.15, 0.2) is 24.3 Å². The molecule has 128 valence electrons. The van der Waals surface area contributed by atoms with E-state index >= 15 is 0 Å². The highest BCUT2D eigenvalue weighted by Crippen LogP contribution is 2.26. The first-order valence-electron chi connectivity index (χ1n) is 8.29. The van der Waals surface area contributed by atoms with E-state index in [-0.39, 0.29) is 6.09 Å². The molecule has 23 heavy (non-hydrogen) atoms. The van der Waals surface area contributed by atoms with Crippen LogP contribution < -0.4 is 10.6 Å². The first-order valence-corrected chi connectivity index (χ1v) is 8.66. The maximum absolute atomic E-state index is 11.8. The SMILES string of the molecule is CC(C)(C)OC(=O)NCC1CCCC1NCc1ccccc1Cl. The largest absolute Gasteiger partial charge is 0.444 e. The van der Waals surface area contributed by atoms with Crippen molar-refractivity contribution in [1.29, 1.82) is 0 Å². The summed E-state index contributed by atoms with van der Waals surface area (Å²) in [6, 6.07) is 8.29. The molecule has 1 amide bonds. The molecule has 5 heteroatoms. The molecule has 2 atom stereocenters. The predicted octanol–water partition coefficient (Wildman–Crippen LogP) is 4.12. The summed E-state index contributed by atoms with van der Waals surface area (Å²) in [5.74, 6) is 0.435. The lowest BCUT2D eigenvalue weighted by atomic mass is 10.0. The number of alkyl carbamates (subject to hydrolysis) is 1. The average molecular weight is 339 g/mol. The van der Waals surface area contributed by atoms with Gasteiger partial charge in [0, 0.05) is 24.2 Å². The number of carbonyl (C=O) groups is 1. The second-order valence-electron chi connectivity index (χ2n) is 7.15. The monoisotopic (exact) mass is 338 g/mol. The Hall–Kier alpha value is -1.26. The highest BCUT2D eigenvalue weighted by Gasteiger charge is 2.28. The standard InChI is InChI=1S/C18H27ClN2O2/c1-18(2,3)23-17(22)21-12-14-8-6-10-16(14)20-11-13-7-4-5-9-15(13)19/h4-5,7,9,14,16,20H,6,8,10-12H2,1-3H3,(H,21,22). The van der Waals surface area contributed by atoms with Crippen molar-refractivity contribution in [3.05, 3.63) is 34.9 Å². The van der Waals surface area contributed by atoms with E-state index in [0.717, 1.165) is 30.0 Å². The van der Waals surface area contributed by atoms with Gasteiger partial charge in [0.15, 0.2) is 0 Å². The number of ether oxygens (including phenoxy) is 1. The lowest BCUT2D eigenvalue weighted by molar-refractivity contribution is 0.0517. The van der Waals surface area contributed by atoms with Crippen LogP contribution >= 0.6 is 11.6 Å². The number of halogens is 1. The molecule has 1 aliphatic carbocycles. The van der Waals surface area contributed by atoms with Crippen molar-refractivity contribution in [2.75, 3.05) is 6.54 Å². The molecule has 1 aromatic carbocycles. The van der Waals surface area contributed by atoms with Crippen molar-refractivity contribution in [3.63, 3.8) is 0 Å². The number of nitrogens with one attached hydrogen (secondary N) is 2. The summed E-state index contributed by atoms with van der Waals surface area (Å²) in [6.45, 7) is 7.02. The molecule has 1 aromatic rings. The summed E-state index contributed by atoms with van der Waals surface area (Å²) in [5, 5.41) is 7.27. The average Bonchev–Trinajstić information content (AvgIpc) is 2.90. The normalized spacial score (nSPS) is 21.2. The van der Waals surface area contributed by atoms with Gasteiger partial charge in [0.05, 0.1) is 0 Å². The molecule has 1 saturated carbocycles. The fourth-order valence-electron chi connectivity index (χ4n) is 2.96. The van der Waals surface area contributed by atoms with Crippen LogP contribution in [0.5, 0.6) is 0 Å². The zero-order chi connectivity index (χ0) is 16.9. The molecule has 0 aromatic heterocycles. The maximum atomic E-state index is 11.8. The Morgan fingerprint density at radius 1 is 1.30 bits per heavy atom. The molecule has 0 spiro atoms. The van der Waals surface area contributed by atoms with E-state index in [1.54, 1.807) is 0 Å². The van der Waals surface area contributed by atoms with Crippen LogP contribution in [0.2, 0.25) is 5.02 Å². The highest BCUT2D eigenvalue weighted by atomic mass is 35.5. The molecular weight excluding hydrogens is 312 g/mol. The minimum absolute atomic E-state index is 0.339. The Labute approximate surface area is 143 Å². The fourth-order valence-corrected chi connectivity index (χ4v) is 3.16. The summed E-state index contributed by atoms with van der Waals surface area (Å²) < 4.78 is 5.29. The lowest BCUT2D eigenvalue weighted by Crippen LogP contribution is -2.40. The van der Waals surface area contributed by atoms with Crippen LogP contribution in [0.25, 0.3) is 0 Å². The summed E-state index contributed by atoms with van der Waals surface area (Å²) in [5.41, 5.74) is 0.654. The highest BCUT2D eigenvalue weighted by molar-refractivity contribution is 6.31. The van der Waals surface area contributed by atoms with E-state index in [1.165, 1.54) is 6.42 Å². The third-order valence-electron chi connectivity index (χ3n) is 4.08. The van der Waals surface area contributed by atoms with Gasteiger partial charge in [0.2, 0.25) is 0 Å². The van der Waals surface area contributed by atoms with Gasteiger partial charge in [-0.2, -0.15) is 0 Å². The summed E-state index contributed by atoms with van der Waals surface area (Å²) in [7, 11) is 0. The van der Waals surface area contributed by atoms with Crippen molar-refractivity contribution >= 4 is 17.7 Å². The van der Waals surface area contributed by atoms with Crippen LogP contribution in [0.1, 0.15) is 45.6 Å². The van der Waals surface area contributed by atoms with Crippen LogP contribution in [-0.2, 0) is 11.3 Å². The van der Waals surface area contributed by atoms with Crippen molar-refractivity contribution in [1.82, 2.24) is 10.6 Å². The van der Waals surface area contributed by atoms with Crippen LogP contribution in [0, 0.1) is 5.92 Å². The fraction of sp³-hybridized carbons (Fsp3) is 0.611. The number of benzene rings is 1. The van der Waals surface area contributed by atoms with E-state index in [1.807, 2.05) is 45.0 Å². The third-order valence-corrected chi connectivity index (χ3v) is 4.45. The van der Waals surface area contributed by atoms with Crippen LogP contribution in [-0.4, -0.2) is 24.3 Å². The molecule has 2 rings (SSSR count). The van der Waals surface area contributed by atoms with Gasteiger partial charge >= 0.3 is 6.09 Å². The van der Waals surface area contributed by atoms with E-state index in [2.05, 4.69) is 10.6 Å².